The number of hydrazone groups is 1. The van der Waals surface area contributed by atoms with Crippen LogP contribution in [0.3, 0.4) is 0 Å². The fourth-order valence-electron chi connectivity index (χ4n) is 5.86. The summed E-state index contributed by atoms with van der Waals surface area (Å²) < 4.78 is 14.4. The van der Waals surface area contributed by atoms with Crippen molar-refractivity contribution in [3.8, 4) is 0 Å². The third kappa shape index (κ3) is 3.57. The Hall–Kier alpha value is -1.91. The zero-order valence-electron chi connectivity index (χ0n) is 18.1. The number of unbranched alkanes of at least 4 members (excludes halogenated alkanes) is 1. The highest BCUT2D eigenvalue weighted by Crippen LogP contribution is 2.61. The maximum Gasteiger partial charge on any atom is 0.338 e. The molecule has 1 aromatic rings. The quantitative estimate of drug-likeness (QED) is 0.693. The number of benzene rings is 1. The number of nitrogens with zero attached hydrogens (tertiary/aromatic N) is 2. The Morgan fingerprint density at radius 1 is 1.31 bits per heavy atom. The molecule has 2 bridgehead atoms. The fourth-order valence-corrected chi connectivity index (χ4v) is 5.86. The molecule has 1 aliphatic heterocycles. The molecular weight excluding hydrogens is 365 g/mol. The second-order valence-electron chi connectivity index (χ2n) is 9.86. The van der Waals surface area contributed by atoms with Crippen LogP contribution < -0.4 is 5.32 Å². The molecule has 3 aliphatic carbocycles. The lowest BCUT2D eigenvalue weighted by molar-refractivity contribution is -0.113. The van der Waals surface area contributed by atoms with Crippen LogP contribution in [0.25, 0.3) is 0 Å². The Labute approximate surface area is 173 Å². The molecule has 1 unspecified atom stereocenters. The summed E-state index contributed by atoms with van der Waals surface area (Å²) in [6.45, 7) is 9.56. The molecule has 5 rings (SSSR count). The van der Waals surface area contributed by atoms with E-state index in [0.717, 1.165) is 31.4 Å². The zero-order chi connectivity index (χ0) is 20.8. The van der Waals surface area contributed by atoms with E-state index in [4.69, 9.17) is 0 Å². The van der Waals surface area contributed by atoms with Gasteiger partial charge in [0.1, 0.15) is 5.82 Å². The summed E-state index contributed by atoms with van der Waals surface area (Å²) >= 11 is 0. The summed E-state index contributed by atoms with van der Waals surface area (Å²) in [5.41, 5.74) is 1.97. The molecular formula is C24H34FN3O. The van der Waals surface area contributed by atoms with Crippen LogP contribution in [-0.2, 0) is 0 Å². The van der Waals surface area contributed by atoms with Gasteiger partial charge in [-0.1, -0.05) is 52.3 Å². The third-order valence-electron chi connectivity index (χ3n) is 7.97. The van der Waals surface area contributed by atoms with Gasteiger partial charge in [-0.2, -0.15) is 5.10 Å². The molecule has 3 fully saturated rings. The predicted molar refractivity (Wildman–Crippen MR) is 114 cm³/mol. The van der Waals surface area contributed by atoms with Gasteiger partial charge in [-0.25, -0.2) is 14.2 Å². The van der Waals surface area contributed by atoms with Crippen LogP contribution in [0.15, 0.2) is 29.4 Å². The Morgan fingerprint density at radius 3 is 2.72 bits per heavy atom. The first-order valence-electron chi connectivity index (χ1n) is 11.2. The van der Waals surface area contributed by atoms with E-state index in [-0.39, 0.29) is 23.8 Å². The SMILES string of the molecule is CCCCC1=NN(C(=O)N[C@H]2C[C@@H]3C[C@H]([C@@H]2C)C3(C)C)CC1c1ccccc1F. The van der Waals surface area contributed by atoms with Gasteiger partial charge >= 0.3 is 6.03 Å². The van der Waals surface area contributed by atoms with Crippen molar-refractivity contribution >= 4 is 11.7 Å². The number of halogens is 1. The number of fused-ring (bicyclic) bond motifs is 2. The summed E-state index contributed by atoms with van der Waals surface area (Å²) in [6.07, 6.45) is 5.19. The number of carbonyl (C=O) groups is 1. The lowest BCUT2D eigenvalue weighted by atomic mass is 9.45. The summed E-state index contributed by atoms with van der Waals surface area (Å²) in [5.74, 6) is 1.49. The van der Waals surface area contributed by atoms with E-state index >= 15 is 0 Å². The molecule has 0 saturated heterocycles. The van der Waals surface area contributed by atoms with Gasteiger partial charge in [0.25, 0.3) is 0 Å². The van der Waals surface area contributed by atoms with E-state index in [0.29, 0.717) is 35.3 Å². The normalized spacial score (nSPS) is 32.5. The molecule has 0 radical (unpaired) electrons. The maximum atomic E-state index is 14.4. The van der Waals surface area contributed by atoms with Crippen LogP contribution in [-0.4, -0.2) is 29.3 Å². The average molecular weight is 400 g/mol. The van der Waals surface area contributed by atoms with Crippen molar-refractivity contribution in [1.82, 2.24) is 10.3 Å². The monoisotopic (exact) mass is 399 g/mol. The lowest BCUT2D eigenvalue weighted by Crippen LogP contribution is -2.61. The van der Waals surface area contributed by atoms with E-state index < -0.39 is 0 Å². The zero-order valence-corrected chi connectivity index (χ0v) is 18.1. The molecule has 1 aromatic carbocycles. The summed E-state index contributed by atoms with van der Waals surface area (Å²) in [5, 5.41) is 9.45. The van der Waals surface area contributed by atoms with Crippen molar-refractivity contribution in [1.29, 1.82) is 0 Å². The summed E-state index contributed by atoms with van der Waals surface area (Å²) in [6, 6.07) is 6.96. The van der Waals surface area contributed by atoms with E-state index in [1.165, 1.54) is 12.5 Å². The van der Waals surface area contributed by atoms with Gasteiger partial charge in [0.05, 0.1) is 6.54 Å². The minimum atomic E-state index is -0.216. The number of hydrogen-bond donors (Lipinski definition) is 1. The molecule has 1 N–H and O–H groups in total. The summed E-state index contributed by atoms with van der Waals surface area (Å²) in [4.78, 5) is 13.0. The predicted octanol–water partition coefficient (Wildman–Crippen LogP) is 5.55. The number of rotatable bonds is 5. The van der Waals surface area contributed by atoms with Crippen LogP contribution in [0.1, 0.15) is 71.3 Å². The van der Waals surface area contributed by atoms with Crippen molar-refractivity contribution in [3.05, 3.63) is 35.6 Å². The molecule has 5 atom stereocenters. The van der Waals surface area contributed by atoms with Crippen LogP contribution >= 0.6 is 0 Å². The summed E-state index contributed by atoms with van der Waals surface area (Å²) in [7, 11) is 0. The van der Waals surface area contributed by atoms with E-state index in [1.807, 2.05) is 12.1 Å². The van der Waals surface area contributed by atoms with Gasteiger partial charge in [-0.3, -0.25) is 0 Å². The molecule has 4 nitrogen and oxygen atoms in total. The smallest absolute Gasteiger partial charge is 0.333 e. The number of urea groups is 1. The van der Waals surface area contributed by atoms with Gasteiger partial charge < -0.3 is 5.32 Å². The molecule has 3 saturated carbocycles. The fraction of sp³-hybridized carbons (Fsp3) is 0.667. The number of hydrogen-bond acceptors (Lipinski definition) is 2. The molecule has 4 aliphatic rings. The molecule has 0 aromatic heterocycles. The van der Waals surface area contributed by atoms with E-state index in [9.17, 15) is 9.18 Å². The second-order valence-corrected chi connectivity index (χ2v) is 9.86. The number of amides is 2. The molecule has 2 amide bonds. The van der Waals surface area contributed by atoms with Gasteiger partial charge in [0, 0.05) is 17.7 Å². The number of carbonyl (C=O) groups excluding carboxylic acids is 1. The first-order valence-corrected chi connectivity index (χ1v) is 11.2. The molecule has 1 heterocycles. The van der Waals surface area contributed by atoms with Crippen LogP contribution in [0.4, 0.5) is 9.18 Å². The van der Waals surface area contributed by atoms with Crippen LogP contribution in [0, 0.1) is 29.0 Å². The topological polar surface area (TPSA) is 44.7 Å². The average Bonchev–Trinajstić information content (AvgIpc) is 3.11. The van der Waals surface area contributed by atoms with Gasteiger partial charge in [-0.15, -0.1) is 0 Å². The van der Waals surface area contributed by atoms with Crippen molar-refractivity contribution in [2.24, 2.45) is 28.3 Å². The lowest BCUT2D eigenvalue weighted by Gasteiger charge is -2.62. The maximum absolute atomic E-state index is 14.4. The van der Waals surface area contributed by atoms with Gasteiger partial charge in [0.15, 0.2) is 0 Å². The first-order chi connectivity index (χ1) is 13.8. The Kier molecular flexibility index (Phi) is 5.43. The molecule has 158 valence electrons. The minimum Gasteiger partial charge on any atom is -0.333 e. The van der Waals surface area contributed by atoms with Crippen molar-refractivity contribution in [2.75, 3.05) is 6.54 Å². The van der Waals surface area contributed by atoms with E-state index in [2.05, 4.69) is 38.1 Å². The van der Waals surface area contributed by atoms with Gasteiger partial charge in [-0.05, 0) is 60.5 Å². The third-order valence-corrected chi connectivity index (χ3v) is 7.97. The minimum absolute atomic E-state index is 0.131. The number of nitrogens with one attached hydrogen (secondary N) is 1. The van der Waals surface area contributed by atoms with Crippen LogP contribution in [0.2, 0.25) is 0 Å². The first kappa shape index (κ1) is 20.4. The highest BCUT2D eigenvalue weighted by atomic mass is 19.1. The molecule has 0 spiro atoms. The largest absolute Gasteiger partial charge is 0.338 e. The van der Waals surface area contributed by atoms with Crippen molar-refractivity contribution in [2.45, 2.75) is 71.8 Å². The Morgan fingerprint density at radius 2 is 2.07 bits per heavy atom. The van der Waals surface area contributed by atoms with Crippen molar-refractivity contribution in [3.63, 3.8) is 0 Å². The van der Waals surface area contributed by atoms with Crippen molar-refractivity contribution < 1.29 is 9.18 Å². The molecule has 5 heteroatoms. The second kappa shape index (κ2) is 7.73. The highest BCUT2D eigenvalue weighted by Gasteiger charge is 2.56. The van der Waals surface area contributed by atoms with Crippen LogP contribution in [0.5, 0.6) is 0 Å². The standard InChI is InChI=1S/C24H34FN3O/c1-5-6-11-21-18(17-9-7-8-10-20(17)25)14-28(27-21)23(29)26-22-13-16-12-19(15(22)2)24(16,3)4/h7-10,15-16,18-19,22H,5-6,11-14H2,1-4H3,(H,26,29)/t15-,16-,18?,19+,22-/m0/s1. The molecule has 29 heavy (non-hydrogen) atoms. The Bertz CT molecular complexity index is 805. The Balaban J connectivity index is 1.46. The van der Waals surface area contributed by atoms with E-state index in [1.54, 1.807) is 11.1 Å². The van der Waals surface area contributed by atoms with Gasteiger partial charge in [0.2, 0.25) is 0 Å². The highest BCUT2D eigenvalue weighted by molar-refractivity contribution is 5.94.